The molecular weight excluding hydrogens is 383 g/mol. The Kier molecular flexibility index (Phi) is 4.70. The van der Waals surface area contributed by atoms with Crippen LogP contribution in [0, 0.1) is 12.7 Å². The molecule has 2 aromatic rings. The van der Waals surface area contributed by atoms with Gasteiger partial charge in [0.2, 0.25) is 0 Å². The van der Waals surface area contributed by atoms with Gasteiger partial charge in [-0.15, -0.1) is 0 Å². The highest BCUT2D eigenvalue weighted by molar-refractivity contribution is 6.34. The second-order valence-corrected chi connectivity index (χ2v) is 8.31. The van der Waals surface area contributed by atoms with Gasteiger partial charge in [0.15, 0.2) is 0 Å². The fourth-order valence-electron chi connectivity index (χ4n) is 4.74. The monoisotopic (exact) mass is 408 g/mol. The summed E-state index contributed by atoms with van der Waals surface area (Å²) in [5.74, 6) is -0.597. The number of aromatic nitrogens is 1. The lowest BCUT2D eigenvalue weighted by Gasteiger charge is -2.29. The van der Waals surface area contributed by atoms with Gasteiger partial charge in [0.05, 0.1) is 11.1 Å². The van der Waals surface area contributed by atoms with Crippen LogP contribution in [0.2, 0.25) is 0 Å². The number of likely N-dealkylation sites (tertiary alicyclic amines) is 1. The van der Waals surface area contributed by atoms with Gasteiger partial charge in [0.25, 0.3) is 11.8 Å². The van der Waals surface area contributed by atoms with Crippen LogP contribution >= 0.6 is 0 Å². The number of benzene rings is 1. The number of carbonyl (C=O) groups is 2. The molecule has 0 aliphatic carbocycles. The summed E-state index contributed by atoms with van der Waals surface area (Å²) >= 11 is 0. The molecule has 0 saturated carbocycles. The molecule has 4 heterocycles. The van der Waals surface area contributed by atoms with E-state index >= 15 is 0 Å². The first kappa shape index (κ1) is 19.1. The zero-order chi connectivity index (χ0) is 20.8. The van der Waals surface area contributed by atoms with Crippen LogP contribution in [0.3, 0.4) is 0 Å². The highest BCUT2D eigenvalue weighted by Gasteiger charge is 2.31. The normalized spacial score (nSPS) is 20.1. The highest BCUT2D eigenvalue weighted by atomic mass is 19.1. The van der Waals surface area contributed by atoms with E-state index in [1.165, 1.54) is 25.0 Å². The molecule has 7 heteroatoms. The van der Waals surface area contributed by atoms with Crippen molar-refractivity contribution in [3.63, 3.8) is 0 Å². The molecule has 2 N–H and O–H groups in total. The molecule has 2 amide bonds. The molecule has 1 aromatic heterocycles. The Hall–Kier alpha value is -2.93. The lowest BCUT2D eigenvalue weighted by atomic mass is 10.0. The Balaban J connectivity index is 1.42. The highest BCUT2D eigenvalue weighted by Crippen LogP contribution is 2.35. The van der Waals surface area contributed by atoms with Crippen LogP contribution < -0.4 is 5.32 Å². The zero-order valence-corrected chi connectivity index (χ0v) is 17.1. The largest absolute Gasteiger partial charge is 0.358 e. The van der Waals surface area contributed by atoms with Crippen molar-refractivity contribution < 1.29 is 14.0 Å². The number of nitrogens with one attached hydrogen (secondary N) is 2. The van der Waals surface area contributed by atoms with Gasteiger partial charge in [-0.1, -0.05) is 0 Å². The SMILES string of the molecule is Cc1c(C=C2C(=O)Nc3ccc(F)cc32)[nH]c2c1C(=O)N(CCN1CCCC1)CC2. The third-order valence-electron chi connectivity index (χ3n) is 6.44. The minimum atomic E-state index is -0.387. The average Bonchev–Trinajstić information content (AvgIpc) is 3.42. The molecule has 0 unspecified atom stereocenters. The average molecular weight is 408 g/mol. The van der Waals surface area contributed by atoms with Crippen LogP contribution in [0.4, 0.5) is 10.1 Å². The minimum absolute atomic E-state index is 0.0520. The first-order valence-corrected chi connectivity index (χ1v) is 10.6. The van der Waals surface area contributed by atoms with Gasteiger partial charge < -0.3 is 20.1 Å². The fourth-order valence-corrected chi connectivity index (χ4v) is 4.74. The molecule has 3 aliphatic rings. The van der Waals surface area contributed by atoms with Crippen molar-refractivity contribution in [2.24, 2.45) is 0 Å². The van der Waals surface area contributed by atoms with Crippen LogP contribution in [0.1, 0.15) is 45.7 Å². The summed E-state index contributed by atoms with van der Waals surface area (Å²) in [6, 6.07) is 4.26. The molecule has 0 atom stereocenters. The predicted octanol–water partition coefficient (Wildman–Crippen LogP) is 3.05. The van der Waals surface area contributed by atoms with Crippen LogP contribution in [-0.4, -0.2) is 59.3 Å². The maximum atomic E-state index is 13.7. The van der Waals surface area contributed by atoms with E-state index < -0.39 is 0 Å². The summed E-state index contributed by atoms with van der Waals surface area (Å²) in [7, 11) is 0. The smallest absolute Gasteiger partial charge is 0.256 e. The van der Waals surface area contributed by atoms with E-state index in [4.69, 9.17) is 0 Å². The van der Waals surface area contributed by atoms with E-state index in [9.17, 15) is 14.0 Å². The Morgan fingerprint density at radius 3 is 2.73 bits per heavy atom. The maximum absolute atomic E-state index is 13.7. The lowest BCUT2D eigenvalue weighted by molar-refractivity contribution is -0.110. The first-order valence-electron chi connectivity index (χ1n) is 10.6. The molecule has 30 heavy (non-hydrogen) atoms. The second-order valence-electron chi connectivity index (χ2n) is 8.31. The van der Waals surface area contributed by atoms with Gasteiger partial charge in [-0.05, 0) is 62.7 Å². The molecule has 156 valence electrons. The van der Waals surface area contributed by atoms with Crippen molar-refractivity contribution in [1.29, 1.82) is 0 Å². The van der Waals surface area contributed by atoms with Gasteiger partial charge in [-0.25, -0.2) is 4.39 Å². The summed E-state index contributed by atoms with van der Waals surface area (Å²) in [6.07, 6.45) is 4.99. The van der Waals surface area contributed by atoms with E-state index in [-0.39, 0.29) is 17.6 Å². The summed E-state index contributed by atoms with van der Waals surface area (Å²) in [5.41, 5.74) is 4.76. The van der Waals surface area contributed by atoms with Gasteiger partial charge in [0.1, 0.15) is 5.82 Å². The Labute approximate surface area is 174 Å². The van der Waals surface area contributed by atoms with Crippen LogP contribution in [0.15, 0.2) is 18.2 Å². The maximum Gasteiger partial charge on any atom is 0.256 e. The molecule has 5 rings (SSSR count). The fraction of sp³-hybridized carbons (Fsp3) is 0.391. The van der Waals surface area contributed by atoms with Crippen LogP contribution in [0.5, 0.6) is 0 Å². The molecule has 0 spiro atoms. The number of amides is 2. The number of aromatic amines is 1. The number of nitrogens with zero attached hydrogens (tertiary/aromatic N) is 2. The quantitative estimate of drug-likeness (QED) is 0.764. The van der Waals surface area contributed by atoms with E-state index in [2.05, 4.69) is 15.2 Å². The summed E-state index contributed by atoms with van der Waals surface area (Å²) in [4.78, 5) is 33.3. The topological polar surface area (TPSA) is 68.4 Å². The standard InChI is InChI=1S/C23H25FN4O2/c1-14-20(13-17-16-12-15(24)4-5-18(16)26-22(17)29)25-19-6-9-28(23(30)21(14)19)11-10-27-7-2-3-8-27/h4-5,12-13,25H,2-3,6-11H2,1H3,(H,26,29). The number of anilines is 1. The molecule has 1 fully saturated rings. The Bertz CT molecular complexity index is 1070. The van der Waals surface area contributed by atoms with Crippen molar-refractivity contribution in [3.05, 3.63) is 52.1 Å². The number of fused-ring (bicyclic) bond motifs is 2. The zero-order valence-electron chi connectivity index (χ0n) is 17.1. The molecular formula is C23H25FN4O2. The molecule has 0 bridgehead atoms. The molecule has 6 nitrogen and oxygen atoms in total. The molecule has 0 radical (unpaired) electrons. The summed E-state index contributed by atoms with van der Waals surface area (Å²) in [6.45, 7) is 6.52. The number of halogens is 1. The van der Waals surface area contributed by atoms with E-state index in [0.717, 1.165) is 49.6 Å². The lowest BCUT2D eigenvalue weighted by Crippen LogP contribution is -2.42. The molecule has 1 aromatic carbocycles. The van der Waals surface area contributed by atoms with Gasteiger partial charge in [-0.2, -0.15) is 0 Å². The van der Waals surface area contributed by atoms with Gasteiger partial charge in [0, 0.05) is 48.7 Å². The number of rotatable bonds is 4. The van der Waals surface area contributed by atoms with Crippen molar-refractivity contribution in [2.75, 3.05) is 38.0 Å². The number of hydrogen-bond donors (Lipinski definition) is 2. The third-order valence-corrected chi connectivity index (χ3v) is 6.44. The van der Waals surface area contributed by atoms with Crippen molar-refractivity contribution in [3.8, 4) is 0 Å². The van der Waals surface area contributed by atoms with E-state index in [1.54, 1.807) is 12.1 Å². The Morgan fingerprint density at radius 1 is 1.13 bits per heavy atom. The third kappa shape index (κ3) is 3.23. The predicted molar refractivity (Wildman–Crippen MR) is 114 cm³/mol. The van der Waals surface area contributed by atoms with Crippen molar-refractivity contribution >= 4 is 29.2 Å². The van der Waals surface area contributed by atoms with Crippen LogP contribution in [0.25, 0.3) is 11.6 Å². The first-order chi connectivity index (χ1) is 14.5. The number of H-pyrrole nitrogens is 1. The van der Waals surface area contributed by atoms with Gasteiger partial charge in [-0.3, -0.25) is 9.59 Å². The minimum Gasteiger partial charge on any atom is -0.358 e. The summed E-state index contributed by atoms with van der Waals surface area (Å²) in [5, 5.41) is 2.77. The van der Waals surface area contributed by atoms with Crippen LogP contribution in [-0.2, 0) is 11.2 Å². The number of hydrogen-bond acceptors (Lipinski definition) is 3. The number of carbonyl (C=O) groups excluding carboxylic acids is 2. The van der Waals surface area contributed by atoms with Gasteiger partial charge >= 0.3 is 0 Å². The van der Waals surface area contributed by atoms with Crippen molar-refractivity contribution in [2.45, 2.75) is 26.2 Å². The van der Waals surface area contributed by atoms with E-state index in [1.807, 2.05) is 11.8 Å². The molecule has 3 aliphatic heterocycles. The second kappa shape index (κ2) is 7.40. The summed E-state index contributed by atoms with van der Waals surface area (Å²) < 4.78 is 13.7. The Morgan fingerprint density at radius 2 is 1.93 bits per heavy atom. The van der Waals surface area contributed by atoms with E-state index in [0.29, 0.717) is 28.9 Å². The molecule has 1 saturated heterocycles. The van der Waals surface area contributed by atoms with Crippen molar-refractivity contribution in [1.82, 2.24) is 14.8 Å².